The summed E-state index contributed by atoms with van der Waals surface area (Å²) >= 11 is 0. The maximum absolute atomic E-state index is 12.2. The normalized spacial score (nSPS) is 13.2. The SMILES string of the molecule is COc1cccc(CCC(=O)Nc2cccc(C(=O)NC3CC3)c2)c1. The third kappa shape index (κ3) is 5.08. The van der Waals surface area contributed by atoms with Crippen LogP contribution in [0, 0.1) is 0 Å². The number of ether oxygens (including phenoxy) is 1. The first-order valence-electron chi connectivity index (χ1n) is 8.48. The highest BCUT2D eigenvalue weighted by Gasteiger charge is 2.23. The summed E-state index contributed by atoms with van der Waals surface area (Å²) in [5.74, 6) is 0.616. The van der Waals surface area contributed by atoms with E-state index in [9.17, 15) is 9.59 Å². The summed E-state index contributed by atoms with van der Waals surface area (Å²) in [6.07, 6.45) is 3.09. The van der Waals surface area contributed by atoms with Crippen molar-refractivity contribution in [3.63, 3.8) is 0 Å². The Morgan fingerprint density at radius 2 is 1.92 bits per heavy atom. The van der Waals surface area contributed by atoms with Gasteiger partial charge < -0.3 is 15.4 Å². The van der Waals surface area contributed by atoms with Crippen LogP contribution in [0.1, 0.15) is 35.2 Å². The Bertz CT molecular complexity index is 769. The van der Waals surface area contributed by atoms with Crippen molar-refractivity contribution in [1.29, 1.82) is 0 Å². The molecule has 0 unspecified atom stereocenters. The Morgan fingerprint density at radius 3 is 2.68 bits per heavy atom. The van der Waals surface area contributed by atoms with Gasteiger partial charge in [0.25, 0.3) is 5.91 Å². The lowest BCUT2D eigenvalue weighted by Gasteiger charge is -2.08. The Balaban J connectivity index is 1.54. The van der Waals surface area contributed by atoms with E-state index in [0.717, 1.165) is 24.2 Å². The van der Waals surface area contributed by atoms with Gasteiger partial charge in [0.2, 0.25) is 5.91 Å². The quantitative estimate of drug-likeness (QED) is 0.815. The van der Waals surface area contributed by atoms with Gasteiger partial charge in [0.05, 0.1) is 7.11 Å². The van der Waals surface area contributed by atoms with Crippen molar-refractivity contribution in [3.05, 3.63) is 59.7 Å². The maximum atomic E-state index is 12.2. The van der Waals surface area contributed by atoms with Crippen molar-refractivity contribution in [1.82, 2.24) is 5.32 Å². The zero-order chi connectivity index (χ0) is 17.6. The van der Waals surface area contributed by atoms with E-state index >= 15 is 0 Å². The molecule has 0 atom stereocenters. The van der Waals surface area contributed by atoms with Crippen LogP contribution in [0.4, 0.5) is 5.69 Å². The smallest absolute Gasteiger partial charge is 0.251 e. The van der Waals surface area contributed by atoms with Crippen LogP contribution >= 0.6 is 0 Å². The number of hydrogen-bond donors (Lipinski definition) is 2. The Hall–Kier alpha value is -2.82. The molecule has 3 rings (SSSR count). The first-order valence-corrected chi connectivity index (χ1v) is 8.48. The van der Waals surface area contributed by atoms with Crippen LogP contribution in [0.25, 0.3) is 0 Å². The molecular formula is C20H22N2O3. The number of anilines is 1. The van der Waals surface area contributed by atoms with Gasteiger partial charge in [0, 0.05) is 23.7 Å². The number of nitrogens with one attached hydrogen (secondary N) is 2. The van der Waals surface area contributed by atoms with Gasteiger partial charge in [-0.1, -0.05) is 18.2 Å². The van der Waals surface area contributed by atoms with E-state index in [4.69, 9.17) is 4.74 Å². The lowest BCUT2D eigenvalue weighted by atomic mass is 10.1. The van der Waals surface area contributed by atoms with Gasteiger partial charge in [-0.25, -0.2) is 0 Å². The van der Waals surface area contributed by atoms with E-state index in [-0.39, 0.29) is 11.8 Å². The molecule has 0 aliphatic heterocycles. The number of carbonyl (C=O) groups is 2. The first-order chi connectivity index (χ1) is 12.1. The minimum absolute atomic E-state index is 0.0810. The molecule has 1 aliphatic carbocycles. The number of benzene rings is 2. The summed E-state index contributed by atoms with van der Waals surface area (Å²) in [5, 5.41) is 5.80. The van der Waals surface area contributed by atoms with Crippen molar-refractivity contribution < 1.29 is 14.3 Å². The summed E-state index contributed by atoms with van der Waals surface area (Å²) in [6.45, 7) is 0. The molecule has 2 aromatic rings. The molecule has 25 heavy (non-hydrogen) atoms. The van der Waals surface area contributed by atoms with Crippen molar-refractivity contribution in [2.45, 2.75) is 31.7 Å². The molecule has 0 radical (unpaired) electrons. The zero-order valence-electron chi connectivity index (χ0n) is 14.2. The van der Waals surface area contributed by atoms with Crippen molar-refractivity contribution in [2.75, 3.05) is 12.4 Å². The van der Waals surface area contributed by atoms with Crippen molar-refractivity contribution in [2.24, 2.45) is 0 Å². The maximum Gasteiger partial charge on any atom is 0.251 e. The van der Waals surface area contributed by atoms with Crippen LogP contribution in [0.15, 0.2) is 48.5 Å². The second-order valence-corrected chi connectivity index (χ2v) is 6.23. The van der Waals surface area contributed by atoms with Crippen LogP contribution in [0.3, 0.4) is 0 Å². The van der Waals surface area contributed by atoms with Crippen molar-refractivity contribution in [3.8, 4) is 5.75 Å². The molecule has 1 saturated carbocycles. The largest absolute Gasteiger partial charge is 0.497 e. The summed E-state index contributed by atoms with van der Waals surface area (Å²) < 4.78 is 5.19. The Morgan fingerprint density at radius 1 is 1.12 bits per heavy atom. The molecule has 1 aliphatic rings. The topological polar surface area (TPSA) is 67.4 Å². The summed E-state index contributed by atoms with van der Waals surface area (Å²) in [7, 11) is 1.62. The van der Waals surface area contributed by atoms with Crippen LogP contribution < -0.4 is 15.4 Å². The molecule has 0 bridgehead atoms. The number of methoxy groups -OCH3 is 1. The predicted octanol–water partition coefficient (Wildman–Crippen LogP) is 3.16. The highest BCUT2D eigenvalue weighted by Crippen LogP contribution is 2.20. The van der Waals surface area contributed by atoms with E-state index in [0.29, 0.717) is 30.1 Å². The van der Waals surface area contributed by atoms with E-state index in [1.807, 2.05) is 24.3 Å². The number of aryl methyl sites for hydroxylation is 1. The molecule has 2 amide bonds. The van der Waals surface area contributed by atoms with Crippen molar-refractivity contribution >= 4 is 17.5 Å². The Labute approximate surface area is 147 Å². The third-order valence-corrected chi connectivity index (χ3v) is 4.10. The highest BCUT2D eigenvalue weighted by atomic mass is 16.5. The Kier molecular flexibility index (Phi) is 5.33. The fourth-order valence-corrected chi connectivity index (χ4v) is 2.54. The average Bonchev–Trinajstić information content (AvgIpc) is 3.44. The van der Waals surface area contributed by atoms with E-state index in [1.165, 1.54) is 0 Å². The lowest BCUT2D eigenvalue weighted by Crippen LogP contribution is -2.25. The number of carbonyl (C=O) groups excluding carboxylic acids is 2. The summed E-state index contributed by atoms with van der Waals surface area (Å²) in [4.78, 5) is 24.2. The molecule has 1 fully saturated rings. The fraction of sp³-hybridized carbons (Fsp3) is 0.300. The standard InChI is InChI=1S/C20H22N2O3/c1-25-18-7-2-4-14(12-18)8-11-19(23)21-17-6-3-5-15(13-17)20(24)22-16-9-10-16/h2-7,12-13,16H,8-11H2,1H3,(H,21,23)(H,22,24). The van der Waals surface area contributed by atoms with Crippen LogP contribution in [0.2, 0.25) is 0 Å². The van der Waals surface area contributed by atoms with E-state index < -0.39 is 0 Å². The van der Waals surface area contributed by atoms with Crippen LogP contribution in [-0.4, -0.2) is 25.0 Å². The minimum atomic E-state index is -0.0880. The zero-order valence-corrected chi connectivity index (χ0v) is 14.2. The molecule has 0 aromatic heterocycles. The fourth-order valence-electron chi connectivity index (χ4n) is 2.54. The molecule has 2 aromatic carbocycles. The third-order valence-electron chi connectivity index (χ3n) is 4.10. The number of hydrogen-bond acceptors (Lipinski definition) is 3. The van der Waals surface area contributed by atoms with E-state index in [2.05, 4.69) is 10.6 Å². The van der Waals surface area contributed by atoms with Gasteiger partial charge in [0.1, 0.15) is 5.75 Å². The monoisotopic (exact) mass is 338 g/mol. The van der Waals surface area contributed by atoms with Crippen LogP contribution in [0.5, 0.6) is 5.75 Å². The molecular weight excluding hydrogens is 316 g/mol. The van der Waals surface area contributed by atoms with Gasteiger partial charge in [-0.15, -0.1) is 0 Å². The molecule has 0 heterocycles. The summed E-state index contributed by atoms with van der Waals surface area (Å²) in [5.41, 5.74) is 2.25. The van der Waals surface area contributed by atoms with Gasteiger partial charge in [-0.2, -0.15) is 0 Å². The molecule has 130 valence electrons. The second kappa shape index (κ2) is 7.83. The molecule has 5 heteroatoms. The van der Waals surface area contributed by atoms with Gasteiger partial charge in [-0.3, -0.25) is 9.59 Å². The minimum Gasteiger partial charge on any atom is -0.497 e. The summed E-state index contributed by atoms with van der Waals surface area (Å²) in [6, 6.07) is 15.0. The molecule has 0 spiro atoms. The van der Waals surface area contributed by atoms with E-state index in [1.54, 1.807) is 31.4 Å². The second-order valence-electron chi connectivity index (χ2n) is 6.23. The lowest BCUT2D eigenvalue weighted by molar-refractivity contribution is -0.116. The number of rotatable bonds is 7. The predicted molar refractivity (Wildman–Crippen MR) is 96.9 cm³/mol. The van der Waals surface area contributed by atoms with Gasteiger partial charge in [-0.05, 0) is 55.2 Å². The molecule has 5 nitrogen and oxygen atoms in total. The number of amides is 2. The average molecular weight is 338 g/mol. The highest BCUT2D eigenvalue weighted by molar-refractivity contribution is 5.97. The first kappa shape index (κ1) is 17.0. The molecule has 0 saturated heterocycles. The molecule has 2 N–H and O–H groups in total. The van der Waals surface area contributed by atoms with Gasteiger partial charge in [0.15, 0.2) is 0 Å². The van der Waals surface area contributed by atoms with Crippen LogP contribution in [-0.2, 0) is 11.2 Å². The van der Waals surface area contributed by atoms with Gasteiger partial charge >= 0.3 is 0 Å².